The van der Waals surface area contributed by atoms with Crippen molar-refractivity contribution in [1.82, 2.24) is 19.8 Å². The third kappa shape index (κ3) is 6.29. The molecule has 1 aromatic heterocycles. The average Bonchev–Trinajstić information content (AvgIpc) is 3.32. The molecule has 0 bridgehead atoms. The van der Waals surface area contributed by atoms with E-state index in [9.17, 15) is 15.0 Å². The maximum absolute atomic E-state index is 11.9. The highest BCUT2D eigenvalue weighted by Gasteiger charge is 2.31. The van der Waals surface area contributed by atoms with E-state index in [1.165, 1.54) is 5.56 Å². The third-order valence-electron chi connectivity index (χ3n) is 6.72. The fraction of sp³-hybridized carbons (Fsp3) is 0.379. The van der Waals surface area contributed by atoms with Crippen LogP contribution in [0, 0.1) is 0 Å². The summed E-state index contributed by atoms with van der Waals surface area (Å²) in [5.74, 6) is 1.12. The Bertz CT molecular complexity index is 1160. The molecule has 1 aliphatic rings. The van der Waals surface area contributed by atoms with E-state index >= 15 is 0 Å². The van der Waals surface area contributed by atoms with Gasteiger partial charge in [-0.3, -0.25) is 4.79 Å². The van der Waals surface area contributed by atoms with Crippen LogP contribution in [0.15, 0.2) is 67.0 Å². The van der Waals surface area contributed by atoms with Gasteiger partial charge in [-0.1, -0.05) is 60.7 Å². The number of amides is 1. The van der Waals surface area contributed by atoms with Crippen LogP contribution in [0.5, 0.6) is 0 Å². The number of aliphatic hydroxyl groups is 2. The normalized spacial score (nSPS) is 19.3. The molecule has 1 saturated carbocycles. The lowest BCUT2D eigenvalue weighted by Gasteiger charge is -2.36. The number of aromatic nitrogens is 2. The van der Waals surface area contributed by atoms with Gasteiger partial charge in [-0.25, -0.2) is 4.98 Å². The Morgan fingerprint density at radius 3 is 2.36 bits per heavy atom. The van der Waals surface area contributed by atoms with E-state index in [-0.39, 0.29) is 24.6 Å². The lowest BCUT2D eigenvalue weighted by atomic mass is 9.75. The van der Waals surface area contributed by atoms with E-state index in [4.69, 9.17) is 0 Å². The highest BCUT2D eigenvalue weighted by atomic mass is 16.3. The molecule has 0 aliphatic heterocycles. The summed E-state index contributed by atoms with van der Waals surface area (Å²) in [5.41, 5.74) is 4.66. The number of rotatable bonds is 10. The molecule has 1 aliphatic carbocycles. The van der Waals surface area contributed by atoms with Gasteiger partial charge < -0.3 is 25.0 Å². The van der Waals surface area contributed by atoms with E-state index in [1.807, 2.05) is 31.1 Å². The number of carbonyl (C=O) groups is 1. The summed E-state index contributed by atoms with van der Waals surface area (Å²) in [6.45, 7) is 2.01. The van der Waals surface area contributed by atoms with Crippen LogP contribution in [-0.2, 0) is 4.79 Å². The Morgan fingerprint density at radius 2 is 1.78 bits per heavy atom. The molecule has 3 N–H and O–H groups in total. The van der Waals surface area contributed by atoms with Gasteiger partial charge in [-0.2, -0.15) is 0 Å². The van der Waals surface area contributed by atoms with Gasteiger partial charge in [-0.05, 0) is 62.0 Å². The van der Waals surface area contributed by atoms with Crippen molar-refractivity contribution in [3.63, 3.8) is 0 Å². The predicted molar refractivity (Wildman–Crippen MR) is 142 cm³/mol. The molecule has 0 unspecified atom stereocenters. The third-order valence-corrected chi connectivity index (χ3v) is 6.72. The van der Waals surface area contributed by atoms with Crippen molar-refractivity contribution in [1.29, 1.82) is 0 Å². The predicted octanol–water partition coefficient (Wildman–Crippen LogP) is 3.77. The van der Waals surface area contributed by atoms with Crippen molar-refractivity contribution in [2.45, 2.75) is 43.9 Å². The Hall–Kier alpha value is -3.26. The van der Waals surface area contributed by atoms with E-state index < -0.39 is 6.10 Å². The van der Waals surface area contributed by atoms with Gasteiger partial charge in [0.05, 0.1) is 19.2 Å². The van der Waals surface area contributed by atoms with E-state index in [1.54, 1.807) is 23.9 Å². The zero-order valence-electron chi connectivity index (χ0n) is 21.2. The zero-order chi connectivity index (χ0) is 25.7. The van der Waals surface area contributed by atoms with Gasteiger partial charge >= 0.3 is 0 Å². The molecule has 2 atom stereocenters. The molecule has 1 amide bonds. The lowest BCUT2D eigenvalue weighted by Crippen LogP contribution is -2.46. The minimum Gasteiger partial charge on any atom is -0.394 e. The number of hydrogen-bond donors (Lipinski definition) is 3. The summed E-state index contributed by atoms with van der Waals surface area (Å²) < 4.78 is 1.79. The van der Waals surface area contributed by atoms with Gasteiger partial charge in [0.15, 0.2) is 0 Å². The first kappa shape index (κ1) is 25.8. The van der Waals surface area contributed by atoms with E-state index in [2.05, 4.69) is 58.8 Å². The van der Waals surface area contributed by atoms with Crippen LogP contribution in [0.3, 0.4) is 0 Å². The Labute approximate surface area is 213 Å². The van der Waals surface area contributed by atoms with Crippen molar-refractivity contribution in [3.8, 4) is 11.1 Å². The molecule has 190 valence electrons. The monoisotopic (exact) mass is 488 g/mol. The number of benzene rings is 2. The zero-order valence-corrected chi connectivity index (χ0v) is 21.2. The Balaban J connectivity index is 1.33. The maximum Gasteiger partial charge on any atom is 0.234 e. The molecule has 3 aromatic rings. The summed E-state index contributed by atoms with van der Waals surface area (Å²) >= 11 is 0. The van der Waals surface area contributed by atoms with Crippen LogP contribution < -0.4 is 5.32 Å². The molecule has 0 spiro atoms. The first-order valence-electron chi connectivity index (χ1n) is 12.5. The summed E-state index contributed by atoms with van der Waals surface area (Å²) in [4.78, 5) is 18.0. The SMILES string of the molecule is C[C@H](O)c1nccn1[C@@H](/C=C/c1ccc(-c2ccc([C@H]3C[C@H](NC(=O)CN(C)C)C3)cc2)cc1)CO. The van der Waals surface area contributed by atoms with Gasteiger partial charge in [-0.15, -0.1) is 0 Å². The fourth-order valence-corrected chi connectivity index (χ4v) is 4.70. The number of nitrogens with zero attached hydrogens (tertiary/aromatic N) is 3. The summed E-state index contributed by atoms with van der Waals surface area (Å²) in [6.07, 6.45) is 8.58. The second-order valence-corrected chi connectivity index (χ2v) is 9.89. The highest BCUT2D eigenvalue weighted by molar-refractivity contribution is 5.78. The number of imidazole rings is 1. The average molecular weight is 489 g/mol. The second-order valence-electron chi connectivity index (χ2n) is 9.89. The first-order valence-corrected chi connectivity index (χ1v) is 12.5. The van der Waals surface area contributed by atoms with Crippen LogP contribution in [0.4, 0.5) is 0 Å². The minimum atomic E-state index is -0.701. The fourth-order valence-electron chi connectivity index (χ4n) is 4.70. The van der Waals surface area contributed by atoms with Gasteiger partial charge in [0.2, 0.25) is 5.91 Å². The summed E-state index contributed by atoms with van der Waals surface area (Å²) in [5, 5.41) is 22.8. The standard InChI is InChI=1S/C29H36N4O3/c1-20(35)29-30-14-15-33(29)27(19-34)13-6-21-4-7-22(8-5-21)23-9-11-24(12-10-23)25-16-26(17-25)31-28(36)18-32(2)3/h4-15,20,25-27,34-35H,16-19H2,1-3H3,(H,31,36)/b13-6+/t20-,25-,26-,27-/m0/s1. The van der Waals surface area contributed by atoms with Gasteiger partial charge in [0, 0.05) is 18.4 Å². The number of hydrogen-bond acceptors (Lipinski definition) is 5. The van der Waals surface area contributed by atoms with E-state index in [0.29, 0.717) is 18.3 Å². The van der Waals surface area contributed by atoms with Crippen LogP contribution >= 0.6 is 0 Å². The Morgan fingerprint density at radius 1 is 1.14 bits per heavy atom. The molecule has 0 radical (unpaired) electrons. The van der Waals surface area contributed by atoms with Crippen LogP contribution in [0.2, 0.25) is 0 Å². The van der Waals surface area contributed by atoms with Crippen molar-refractivity contribution < 1.29 is 15.0 Å². The van der Waals surface area contributed by atoms with Crippen LogP contribution in [0.25, 0.3) is 17.2 Å². The van der Waals surface area contributed by atoms with Crippen LogP contribution in [-0.4, -0.2) is 63.9 Å². The largest absolute Gasteiger partial charge is 0.394 e. The molecule has 2 aromatic carbocycles. The molecule has 4 rings (SSSR count). The topological polar surface area (TPSA) is 90.6 Å². The summed E-state index contributed by atoms with van der Waals surface area (Å²) in [7, 11) is 3.80. The van der Waals surface area contributed by atoms with Gasteiger partial charge in [0.25, 0.3) is 0 Å². The number of nitrogens with one attached hydrogen (secondary N) is 1. The highest BCUT2D eigenvalue weighted by Crippen LogP contribution is 2.37. The number of likely N-dealkylation sites (N-methyl/N-ethyl adjacent to an activating group) is 1. The molecule has 1 fully saturated rings. The maximum atomic E-state index is 11.9. The van der Waals surface area contributed by atoms with Crippen LogP contribution in [0.1, 0.15) is 54.8 Å². The lowest BCUT2D eigenvalue weighted by molar-refractivity contribution is -0.123. The van der Waals surface area contributed by atoms with Crippen molar-refractivity contribution >= 4 is 12.0 Å². The summed E-state index contributed by atoms with van der Waals surface area (Å²) in [6, 6.07) is 17.0. The van der Waals surface area contributed by atoms with E-state index in [0.717, 1.165) is 29.5 Å². The molecule has 7 nitrogen and oxygen atoms in total. The first-order chi connectivity index (χ1) is 17.3. The molecule has 1 heterocycles. The van der Waals surface area contributed by atoms with Crippen molar-refractivity contribution in [2.24, 2.45) is 0 Å². The van der Waals surface area contributed by atoms with Crippen molar-refractivity contribution in [3.05, 3.63) is 84.0 Å². The van der Waals surface area contributed by atoms with Gasteiger partial charge in [0.1, 0.15) is 11.9 Å². The minimum absolute atomic E-state index is 0.0821. The molecular weight excluding hydrogens is 452 g/mol. The molecular formula is C29H36N4O3. The van der Waals surface area contributed by atoms with Crippen molar-refractivity contribution in [2.75, 3.05) is 27.2 Å². The smallest absolute Gasteiger partial charge is 0.234 e. The number of carbonyl (C=O) groups excluding carboxylic acids is 1. The Kier molecular flexibility index (Phi) is 8.36. The number of aliphatic hydroxyl groups excluding tert-OH is 2. The second kappa shape index (κ2) is 11.6. The molecule has 0 saturated heterocycles. The quantitative estimate of drug-likeness (QED) is 0.404. The molecule has 7 heteroatoms. The molecule has 36 heavy (non-hydrogen) atoms.